The van der Waals surface area contributed by atoms with Gasteiger partial charge >= 0.3 is 12.0 Å². The van der Waals surface area contributed by atoms with Gasteiger partial charge in [0, 0.05) is 13.0 Å². The summed E-state index contributed by atoms with van der Waals surface area (Å²) in [5, 5.41) is 2.58. The van der Waals surface area contributed by atoms with Gasteiger partial charge in [-0.3, -0.25) is 9.59 Å². The predicted molar refractivity (Wildman–Crippen MR) is 111 cm³/mol. The molecule has 0 radical (unpaired) electrons. The molecule has 1 aromatic rings. The van der Waals surface area contributed by atoms with Gasteiger partial charge < -0.3 is 15.0 Å². The van der Waals surface area contributed by atoms with E-state index in [1.165, 1.54) is 6.92 Å². The number of nitrogens with one attached hydrogen (secondary N) is 1. The van der Waals surface area contributed by atoms with E-state index < -0.39 is 5.97 Å². The van der Waals surface area contributed by atoms with Crippen LogP contribution in [-0.2, 0) is 20.7 Å². The number of hydrogen-bond donors (Lipinski definition) is 1. The third-order valence-corrected chi connectivity index (χ3v) is 5.73. The predicted octanol–water partition coefficient (Wildman–Crippen LogP) is 3.74. The van der Waals surface area contributed by atoms with Crippen molar-refractivity contribution < 1.29 is 19.1 Å². The van der Waals surface area contributed by atoms with Gasteiger partial charge in [0.05, 0.1) is 12.0 Å². The molecule has 0 aliphatic heterocycles. The Morgan fingerprint density at radius 2 is 1.89 bits per heavy atom. The SMILES string of the molecule is CCOC(=O)CN(C(=O)NC(CCc1ccccc1)SC(C)=O)C1CCCC1. The number of nitrogens with zero attached hydrogens (tertiary/aromatic N) is 1. The molecule has 2 rings (SSSR count). The number of carbonyl (C=O) groups is 3. The van der Waals surface area contributed by atoms with Gasteiger partial charge in [-0.2, -0.15) is 0 Å². The summed E-state index contributed by atoms with van der Waals surface area (Å²) in [5.74, 6) is -0.399. The first-order chi connectivity index (χ1) is 13.5. The summed E-state index contributed by atoms with van der Waals surface area (Å²) in [4.78, 5) is 38.2. The highest BCUT2D eigenvalue weighted by Gasteiger charge is 2.30. The Hall–Kier alpha value is -2.02. The van der Waals surface area contributed by atoms with Gasteiger partial charge in [0.25, 0.3) is 0 Å². The summed E-state index contributed by atoms with van der Waals surface area (Å²) in [5.41, 5.74) is 1.16. The van der Waals surface area contributed by atoms with Crippen LogP contribution in [0, 0.1) is 0 Å². The lowest BCUT2D eigenvalue weighted by Crippen LogP contribution is -2.50. The molecule has 154 valence electrons. The largest absolute Gasteiger partial charge is 0.465 e. The van der Waals surface area contributed by atoms with Crippen molar-refractivity contribution in [1.82, 2.24) is 10.2 Å². The Balaban J connectivity index is 2.01. The van der Waals surface area contributed by atoms with Crippen LogP contribution in [-0.4, -0.2) is 46.6 Å². The molecular weight excluding hydrogens is 376 g/mol. The number of ether oxygens (including phenoxy) is 1. The van der Waals surface area contributed by atoms with Crippen LogP contribution in [0.15, 0.2) is 30.3 Å². The van der Waals surface area contributed by atoms with Crippen molar-refractivity contribution in [3.63, 3.8) is 0 Å². The molecule has 1 fully saturated rings. The number of amides is 2. The maximum atomic E-state index is 13.0. The number of esters is 1. The fourth-order valence-corrected chi connectivity index (χ4v) is 4.25. The minimum atomic E-state index is -0.399. The van der Waals surface area contributed by atoms with Crippen molar-refractivity contribution in [2.45, 2.75) is 63.8 Å². The van der Waals surface area contributed by atoms with Crippen LogP contribution in [0.4, 0.5) is 4.79 Å². The molecular formula is C21H30N2O4S. The Morgan fingerprint density at radius 3 is 2.50 bits per heavy atom. The lowest BCUT2D eigenvalue weighted by Gasteiger charge is -2.30. The number of thioether (sulfide) groups is 1. The van der Waals surface area contributed by atoms with E-state index in [9.17, 15) is 14.4 Å². The van der Waals surface area contributed by atoms with Crippen molar-refractivity contribution in [3.8, 4) is 0 Å². The van der Waals surface area contributed by atoms with Gasteiger partial charge in [0.2, 0.25) is 0 Å². The fourth-order valence-electron chi connectivity index (χ4n) is 3.45. The van der Waals surface area contributed by atoms with Crippen LogP contribution in [0.2, 0.25) is 0 Å². The fraction of sp³-hybridized carbons (Fsp3) is 0.571. The molecule has 7 heteroatoms. The lowest BCUT2D eigenvalue weighted by atomic mass is 10.1. The second kappa shape index (κ2) is 11.7. The number of urea groups is 1. The third-order valence-electron chi connectivity index (χ3n) is 4.76. The first-order valence-corrected chi connectivity index (χ1v) is 10.8. The number of hydrogen-bond acceptors (Lipinski definition) is 5. The molecule has 2 amide bonds. The average Bonchev–Trinajstić information content (AvgIpc) is 3.19. The van der Waals surface area contributed by atoms with E-state index in [0.717, 1.165) is 49.4 Å². The summed E-state index contributed by atoms with van der Waals surface area (Å²) in [6, 6.07) is 9.71. The maximum absolute atomic E-state index is 13.0. The molecule has 1 atom stereocenters. The van der Waals surface area contributed by atoms with Crippen molar-refractivity contribution in [2.75, 3.05) is 13.2 Å². The second-order valence-electron chi connectivity index (χ2n) is 6.94. The van der Waals surface area contributed by atoms with Crippen LogP contribution in [0.1, 0.15) is 51.5 Å². The van der Waals surface area contributed by atoms with E-state index in [-0.39, 0.29) is 29.1 Å². The first-order valence-electron chi connectivity index (χ1n) is 9.93. The van der Waals surface area contributed by atoms with Crippen molar-refractivity contribution in [1.29, 1.82) is 0 Å². The van der Waals surface area contributed by atoms with E-state index in [2.05, 4.69) is 5.32 Å². The van der Waals surface area contributed by atoms with Gasteiger partial charge in [0.1, 0.15) is 6.54 Å². The van der Waals surface area contributed by atoms with Crippen molar-refractivity contribution in [3.05, 3.63) is 35.9 Å². The maximum Gasteiger partial charge on any atom is 0.325 e. The van der Waals surface area contributed by atoms with Gasteiger partial charge in [0.15, 0.2) is 5.12 Å². The molecule has 0 bridgehead atoms. The minimum absolute atomic E-state index is 0.0431. The summed E-state index contributed by atoms with van der Waals surface area (Å²) >= 11 is 1.12. The molecule has 0 spiro atoms. The molecule has 1 aromatic carbocycles. The van der Waals surface area contributed by atoms with Crippen molar-refractivity contribution >= 4 is 28.9 Å². The molecule has 6 nitrogen and oxygen atoms in total. The van der Waals surface area contributed by atoms with Crippen LogP contribution >= 0.6 is 11.8 Å². The van der Waals surface area contributed by atoms with E-state index in [1.807, 2.05) is 30.3 Å². The summed E-state index contributed by atoms with van der Waals surface area (Å²) in [6.45, 7) is 3.49. The minimum Gasteiger partial charge on any atom is -0.465 e. The van der Waals surface area contributed by atoms with Crippen molar-refractivity contribution in [2.24, 2.45) is 0 Å². The first kappa shape index (κ1) is 22.3. The molecule has 1 aliphatic rings. The molecule has 1 saturated carbocycles. The highest BCUT2D eigenvalue weighted by atomic mass is 32.2. The Bertz CT molecular complexity index is 647. The second-order valence-corrected chi connectivity index (χ2v) is 8.32. The van der Waals surface area contributed by atoms with Gasteiger partial charge in [-0.25, -0.2) is 4.79 Å². The molecule has 1 N–H and O–H groups in total. The number of aryl methyl sites for hydroxylation is 1. The van der Waals surface area contributed by atoms with E-state index >= 15 is 0 Å². The highest BCUT2D eigenvalue weighted by molar-refractivity contribution is 8.14. The zero-order chi connectivity index (χ0) is 20.4. The van der Waals surface area contributed by atoms with E-state index in [0.29, 0.717) is 13.0 Å². The quantitative estimate of drug-likeness (QED) is 0.499. The summed E-state index contributed by atoms with van der Waals surface area (Å²) < 4.78 is 5.04. The van der Waals surface area contributed by atoms with E-state index in [4.69, 9.17) is 4.74 Å². The molecule has 1 unspecified atom stereocenters. The normalized spacial score (nSPS) is 15.1. The highest BCUT2D eigenvalue weighted by Crippen LogP contribution is 2.24. The van der Waals surface area contributed by atoms with Gasteiger partial charge in [-0.05, 0) is 38.2 Å². The monoisotopic (exact) mass is 406 g/mol. The van der Waals surface area contributed by atoms with Crippen LogP contribution in [0.25, 0.3) is 0 Å². The Kier molecular flexibility index (Phi) is 9.34. The molecule has 0 heterocycles. The summed E-state index contributed by atoms with van der Waals surface area (Å²) in [6.07, 6.45) is 5.28. The third kappa shape index (κ3) is 7.54. The molecule has 0 aromatic heterocycles. The lowest BCUT2D eigenvalue weighted by molar-refractivity contribution is -0.144. The standard InChI is InChI=1S/C21H30N2O4S/c1-3-27-20(25)15-23(18-11-7-8-12-18)21(26)22-19(28-16(2)24)14-13-17-9-5-4-6-10-17/h4-6,9-10,18-19H,3,7-8,11-15H2,1-2H3,(H,22,26). The average molecular weight is 407 g/mol. The van der Waals surface area contributed by atoms with Gasteiger partial charge in [-0.1, -0.05) is 54.9 Å². The zero-order valence-corrected chi connectivity index (χ0v) is 17.5. The number of benzene rings is 1. The molecule has 28 heavy (non-hydrogen) atoms. The smallest absolute Gasteiger partial charge is 0.325 e. The van der Waals surface area contributed by atoms with Crippen LogP contribution < -0.4 is 5.32 Å². The summed E-state index contributed by atoms with van der Waals surface area (Å²) in [7, 11) is 0. The van der Waals surface area contributed by atoms with Crippen LogP contribution in [0.5, 0.6) is 0 Å². The topological polar surface area (TPSA) is 75.7 Å². The number of rotatable bonds is 9. The molecule has 0 saturated heterocycles. The number of carbonyl (C=O) groups excluding carboxylic acids is 3. The Labute approximate surface area is 171 Å². The van der Waals surface area contributed by atoms with E-state index in [1.54, 1.807) is 11.8 Å². The van der Waals surface area contributed by atoms with Crippen LogP contribution in [0.3, 0.4) is 0 Å². The molecule has 1 aliphatic carbocycles. The van der Waals surface area contributed by atoms with Gasteiger partial charge in [-0.15, -0.1) is 0 Å². The zero-order valence-electron chi connectivity index (χ0n) is 16.7. The Morgan fingerprint density at radius 1 is 1.21 bits per heavy atom.